The average Bonchev–Trinajstić information content (AvgIpc) is 2.23. The number of nitrogens with zero attached hydrogens (tertiary/aromatic N) is 1. The molecule has 17 heavy (non-hydrogen) atoms. The van der Waals surface area contributed by atoms with Crippen LogP contribution in [-0.2, 0) is 0 Å². The van der Waals surface area contributed by atoms with Gasteiger partial charge in [0, 0.05) is 23.8 Å². The van der Waals surface area contributed by atoms with E-state index in [4.69, 9.17) is 5.73 Å². The molecule has 1 aromatic carbocycles. The molecule has 2 N–H and O–H groups in total. The van der Waals surface area contributed by atoms with Gasteiger partial charge in [-0.2, -0.15) is 0 Å². The van der Waals surface area contributed by atoms with Crippen LogP contribution in [0.4, 0.5) is 5.69 Å². The highest BCUT2D eigenvalue weighted by Crippen LogP contribution is 2.34. The van der Waals surface area contributed by atoms with Crippen molar-refractivity contribution >= 4 is 5.69 Å². The molecule has 1 aliphatic rings. The van der Waals surface area contributed by atoms with Crippen LogP contribution >= 0.6 is 0 Å². The van der Waals surface area contributed by atoms with E-state index in [9.17, 15) is 0 Å². The number of anilines is 1. The van der Waals surface area contributed by atoms with Crippen molar-refractivity contribution in [1.82, 2.24) is 0 Å². The normalized spacial score (nSPS) is 23.8. The summed E-state index contributed by atoms with van der Waals surface area (Å²) >= 11 is 0. The first-order chi connectivity index (χ1) is 7.90. The molecule has 0 bridgehead atoms. The summed E-state index contributed by atoms with van der Waals surface area (Å²) in [5, 5.41) is 0. The minimum Gasteiger partial charge on any atom is -0.365 e. The standard InChI is InChI=1S/C15H24N2/c1-11-5-6-14(12(2)9-11)17-10-13(16)7-8-15(17,3)4/h5-6,9,13H,7-8,10,16H2,1-4H3. The van der Waals surface area contributed by atoms with E-state index in [0.29, 0.717) is 6.04 Å². The average molecular weight is 232 g/mol. The second-order valence-electron chi connectivity index (χ2n) is 6.01. The third-order valence-electron chi connectivity index (χ3n) is 3.92. The number of piperidine rings is 1. The Labute approximate surface area is 105 Å². The molecule has 0 saturated carbocycles. The maximum Gasteiger partial charge on any atom is 0.0401 e. The maximum atomic E-state index is 6.12. The van der Waals surface area contributed by atoms with Crippen molar-refractivity contribution in [3.63, 3.8) is 0 Å². The number of rotatable bonds is 1. The van der Waals surface area contributed by atoms with Gasteiger partial charge >= 0.3 is 0 Å². The summed E-state index contributed by atoms with van der Waals surface area (Å²) in [6.07, 6.45) is 2.30. The Hall–Kier alpha value is -1.02. The molecule has 94 valence electrons. The summed E-state index contributed by atoms with van der Waals surface area (Å²) in [4.78, 5) is 2.48. The van der Waals surface area contributed by atoms with Gasteiger partial charge in [0.25, 0.3) is 0 Å². The molecule has 1 aliphatic heterocycles. The van der Waals surface area contributed by atoms with Crippen LogP contribution in [-0.4, -0.2) is 18.1 Å². The molecule has 2 heteroatoms. The van der Waals surface area contributed by atoms with E-state index in [1.54, 1.807) is 0 Å². The van der Waals surface area contributed by atoms with Crippen molar-refractivity contribution in [3.8, 4) is 0 Å². The summed E-state index contributed by atoms with van der Waals surface area (Å²) in [6.45, 7) is 9.94. The van der Waals surface area contributed by atoms with Gasteiger partial charge in [0.1, 0.15) is 0 Å². The first kappa shape index (κ1) is 12.4. The Morgan fingerprint density at radius 2 is 2.00 bits per heavy atom. The van der Waals surface area contributed by atoms with Crippen LogP contribution in [0.5, 0.6) is 0 Å². The second-order valence-corrected chi connectivity index (χ2v) is 6.01. The Bertz CT molecular complexity index is 409. The van der Waals surface area contributed by atoms with Gasteiger partial charge < -0.3 is 10.6 Å². The topological polar surface area (TPSA) is 29.3 Å². The fraction of sp³-hybridized carbons (Fsp3) is 0.600. The number of nitrogens with two attached hydrogens (primary N) is 1. The van der Waals surface area contributed by atoms with E-state index in [0.717, 1.165) is 13.0 Å². The van der Waals surface area contributed by atoms with Crippen LogP contribution in [0.2, 0.25) is 0 Å². The summed E-state index contributed by atoms with van der Waals surface area (Å²) in [6, 6.07) is 7.00. The molecule has 0 aromatic heterocycles. The van der Waals surface area contributed by atoms with Crippen molar-refractivity contribution in [2.75, 3.05) is 11.4 Å². The SMILES string of the molecule is Cc1ccc(N2CC(N)CCC2(C)C)c(C)c1. The predicted octanol–water partition coefficient (Wildman–Crippen LogP) is 3.01. The highest BCUT2D eigenvalue weighted by molar-refractivity contribution is 5.56. The molecular weight excluding hydrogens is 208 g/mol. The van der Waals surface area contributed by atoms with Gasteiger partial charge in [0.15, 0.2) is 0 Å². The molecule has 0 spiro atoms. The lowest BCUT2D eigenvalue weighted by atomic mass is 9.87. The Balaban J connectivity index is 2.36. The smallest absolute Gasteiger partial charge is 0.0401 e. The molecule has 2 nitrogen and oxygen atoms in total. The van der Waals surface area contributed by atoms with Gasteiger partial charge in [-0.05, 0) is 52.2 Å². The maximum absolute atomic E-state index is 6.12. The molecule has 1 atom stereocenters. The van der Waals surface area contributed by atoms with E-state index >= 15 is 0 Å². The third kappa shape index (κ3) is 2.47. The molecule has 1 saturated heterocycles. The lowest BCUT2D eigenvalue weighted by Gasteiger charge is -2.47. The summed E-state index contributed by atoms with van der Waals surface area (Å²) < 4.78 is 0. The van der Waals surface area contributed by atoms with Gasteiger partial charge in [-0.25, -0.2) is 0 Å². The zero-order chi connectivity index (χ0) is 12.6. The molecule has 0 radical (unpaired) electrons. The second kappa shape index (κ2) is 4.34. The predicted molar refractivity (Wildman–Crippen MR) is 74.6 cm³/mol. The van der Waals surface area contributed by atoms with Gasteiger partial charge in [-0.15, -0.1) is 0 Å². The molecule has 1 aromatic rings. The van der Waals surface area contributed by atoms with Crippen LogP contribution < -0.4 is 10.6 Å². The van der Waals surface area contributed by atoms with Crippen LogP contribution in [0.3, 0.4) is 0 Å². The largest absolute Gasteiger partial charge is 0.365 e. The first-order valence-electron chi connectivity index (χ1n) is 6.50. The van der Waals surface area contributed by atoms with Crippen LogP contribution in [0.1, 0.15) is 37.8 Å². The molecule has 2 rings (SSSR count). The highest BCUT2D eigenvalue weighted by atomic mass is 15.2. The van der Waals surface area contributed by atoms with E-state index in [2.05, 4.69) is 50.8 Å². The van der Waals surface area contributed by atoms with Crippen LogP contribution in [0.25, 0.3) is 0 Å². The van der Waals surface area contributed by atoms with Crippen molar-refractivity contribution in [2.24, 2.45) is 5.73 Å². The molecular formula is C15H24N2. The molecule has 0 amide bonds. The van der Waals surface area contributed by atoms with Gasteiger partial charge in [0.2, 0.25) is 0 Å². The van der Waals surface area contributed by atoms with Crippen molar-refractivity contribution in [3.05, 3.63) is 29.3 Å². The van der Waals surface area contributed by atoms with Gasteiger partial charge in [-0.3, -0.25) is 0 Å². The van der Waals surface area contributed by atoms with E-state index in [1.807, 2.05) is 0 Å². The first-order valence-corrected chi connectivity index (χ1v) is 6.50. The minimum atomic E-state index is 0.218. The molecule has 1 unspecified atom stereocenters. The highest BCUT2D eigenvalue weighted by Gasteiger charge is 2.33. The fourth-order valence-corrected chi connectivity index (χ4v) is 2.78. The molecule has 0 aliphatic carbocycles. The Kier molecular flexibility index (Phi) is 3.17. The van der Waals surface area contributed by atoms with Crippen molar-refractivity contribution in [2.45, 2.75) is 52.1 Å². The number of benzene rings is 1. The van der Waals surface area contributed by atoms with Gasteiger partial charge in [-0.1, -0.05) is 17.7 Å². The lowest BCUT2D eigenvalue weighted by Crippen LogP contribution is -2.54. The Morgan fingerprint density at radius 1 is 1.29 bits per heavy atom. The van der Waals surface area contributed by atoms with E-state index in [-0.39, 0.29) is 5.54 Å². The number of hydrogen-bond donors (Lipinski definition) is 1. The van der Waals surface area contributed by atoms with Crippen LogP contribution in [0, 0.1) is 13.8 Å². The quantitative estimate of drug-likeness (QED) is 0.806. The fourth-order valence-electron chi connectivity index (χ4n) is 2.78. The zero-order valence-corrected chi connectivity index (χ0v) is 11.5. The number of aryl methyl sites for hydroxylation is 2. The molecule has 1 heterocycles. The number of hydrogen-bond acceptors (Lipinski definition) is 2. The Morgan fingerprint density at radius 3 is 2.65 bits per heavy atom. The van der Waals surface area contributed by atoms with Crippen molar-refractivity contribution < 1.29 is 0 Å². The lowest BCUT2D eigenvalue weighted by molar-refractivity contribution is 0.334. The summed E-state index contributed by atoms with van der Waals surface area (Å²) in [7, 11) is 0. The van der Waals surface area contributed by atoms with E-state index < -0.39 is 0 Å². The zero-order valence-electron chi connectivity index (χ0n) is 11.5. The van der Waals surface area contributed by atoms with E-state index in [1.165, 1.54) is 23.2 Å². The van der Waals surface area contributed by atoms with Crippen molar-refractivity contribution in [1.29, 1.82) is 0 Å². The van der Waals surface area contributed by atoms with Crippen LogP contribution in [0.15, 0.2) is 18.2 Å². The summed E-state index contributed by atoms with van der Waals surface area (Å²) in [5.74, 6) is 0. The van der Waals surface area contributed by atoms with Gasteiger partial charge in [0.05, 0.1) is 0 Å². The monoisotopic (exact) mass is 232 g/mol. The molecule has 1 fully saturated rings. The third-order valence-corrected chi connectivity index (χ3v) is 3.92. The summed E-state index contributed by atoms with van der Waals surface area (Å²) in [5.41, 5.74) is 10.4. The minimum absolute atomic E-state index is 0.218.